The number of carbonyl (C=O) groups is 1. The van der Waals surface area contributed by atoms with Crippen molar-refractivity contribution in [1.82, 2.24) is 4.98 Å². The van der Waals surface area contributed by atoms with Crippen molar-refractivity contribution in [3.63, 3.8) is 0 Å². The van der Waals surface area contributed by atoms with Gasteiger partial charge in [0.1, 0.15) is 5.82 Å². The van der Waals surface area contributed by atoms with E-state index in [1.807, 2.05) is 0 Å². The van der Waals surface area contributed by atoms with Crippen LogP contribution in [-0.4, -0.2) is 10.8 Å². The molecule has 7 heteroatoms. The molecule has 0 amide bonds. The number of carbonyl (C=O) groups excluding carboxylic acids is 1. The molecular weight excluding hydrogens is 385 g/mol. The number of rotatable bonds is 3. The molecule has 0 spiro atoms. The van der Waals surface area contributed by atoms with E-state index in [0.29, 0.717) is 19.2 Å². The first kappa shape index (κ1) is 15.6. The highest BCUT2D eigenvalue weighted by Crippen LogP contribution is 2.16. The quantitative estimate of drug-likeness (QED) is 0.695. The van der Waals surface area contributed by atoms with Crippen LogP contribution in [0.4, 0.5) is 4.39 Å². The summed E-state index contributed by atoms with van der Waals surface area (Å²) in [5, 5.41) is 0. The average molecular weight is 394 g/mol. The van der Waals surface area contributed by atoms with Crippen LogP contribution in [0.15, 0.2) is 50.3 Å². The largest absolute Gasteiger partial charge is 0.461 e. The Morgan fingerprint density at radius 2 is 2.17 bits per heavy atom. The van der Waals surface area contributed by atoms with E-state index in [4.69, 9.17) is 4.42 Å². The van der Waals surface area contributed by atoms with E-state index in [-0.39, 0.29) is 22.9 Å². The second-order valence-electron chi connectivity index (χ2n) is 4.59. The van der Waals surface area contributed by atoms with Crippen LogP contribution in [0.5, 0.6) is 0 Å². The first-order chi connectivity index (χ1) is 11.0. The number of aromatic nitrogens is 1. The van der Waals surface area contributed by atoms with Gasteiger partial charge in [0, 0.05) is 6.08 Å². The van der Waals surface area contributed by atoms with E-state index < -0.39 is 0 Å². The molecule has 0 aliphatic rings. The molecule has 4 nitrogen and oxygen atoms in total. The Kier molecular flexibility index (Phi) is 4.40. The molecule has 0 unspecified atom stereocenters. The summed E-state index contributed by atoms with van der Waals surface area (Å²) in [6.45, 7) is 0. The minimum absolute atomic E-state index is 0.201. The third kappa shape index (κ3) is 3.57. The number of halogens is 2. The van der Waals surface area contributed by atoms with Gasteiger partial charge >= 0.3 is 0 Å². The first-order valence-electron chi connectivity index (χ1n) is 6.48. The molecular formula is C16H9BrFNO3S. The summed E-state index contributed by atoms with van der Waals surface area (Å²) in [5.74, 6) is -0.504. The predicted molar refractivity (Wildman–Crippen MR) is 89.4 cm³/mol. The average Bonchev–Trinajstić information content (AvgIpc) is 3.14. The van der Waals surface area contributed by atoms with E-state index in [2.05, 4.69) is 20.9 Å². The van der Waals surface area contributed by atoms with Crippen molar-refractivity contribution in [1.29, 1.82) is 0 Å². The summed E-state index contributed by atoms with van der Waals surface area (Å²) < 4.78 is 19.4. The number of hydrogen-bond acceptors (Lipinski definition) is 4. The molecule has 2 heterocycles. The van der Waals surface area contributed by atoms with Gasteiger partial charge in [-0.1, -0.05) is 6.07 Å². The molecule has 1 N–H and O–H groups in total. The van der Waals surface area contributed by atoms with Gasteiger partial charge in [0.15, 0.2) is 5.76 Å². The number of benzene rings is 1. The SMILES string of the molecule is O=C(/C=c1/[nH]c(=O)/c(=C/c2ccc(F)c(Br)c2)s1)c1ccco1. The number of nitrogens with one attached hydrogen (secondary N) is 1. The number of H-pyrrole nitrogens is 1. The van der Waals surface area contributed by atoms with Gasteiger partial charge < -0.3 is 9.40 Å². The summed E-state index contributed by atoms with van der Waals surface area (Å²) in [6.07, 6.45) is 4.34. The summed E-state index contributed by atoms with van der Waals surface area (Å²) in [4.78, 5) is 26.5. The maximum absolute atomic E-state index is 13.2. The molecule has 0 saturated carbocycles. The smallest absolute Gasteiger partial charge is 0.266 e. The molecule has 1 aromatic carbocycles. The highest BCUT2D eigenvalue weighted by atomic mass is 79.9. The molecule has 0 fully saturated rings. The summed E-state index contributed by atoms with van der Waals surface area (Å²) in [7, 11) is 0. The molecule has 3 aromatic rings. The Morgan fingerprint density at radius 3 is 2.87 bits per heavy atom. The van der Waals surface area contributed by atoms with Crippen LogP contribution in [0.25, 0.3) is 12.2 Å². The molecule has 2 aromatic heterocycles. The van der Waals surface area contributed by atoms with E-state index >= 15 is 0 Å². The lowest BCUT2D eigenvalue weighted by atomic mass is 10.2. The third-order valence-corrected chi connectivity index (χ3v) is 4.52. The summed E-state index contributed by atoms with van der Waals surface area (Å²) >= 11 is 4.24. The maximum Gasteiger partial charge on any atom is 0.266 e. The fourth-order valence-corrected chi connectivity index (χ4v) is 3.17. The Bertz CT molecular complexity index is 1030. The maximum atomic E-state index is 13.2. The second-order valence-corrected chi connectivity index (χ2v) is 6.53. The Morgan fingerprint density at radius 1 is 1.35 bits per heavy atom. The van der Waals surface area contributed by atoms with Crippen LogP contribution < -0.4 is 14.8 Å². The lowest BCUT2D eigenvalue weighted by Gasteiger charge is -1.95. The zero-order valence-corrected chi connectivity index (χ0v) is 13.9. The van der Waals surface area contributed by atoms with Crippen molar-refractivity contribution in [2.75, 3.05) is 0 Å². The van der Waals surface area contributed by atoms with E-state index in [1.165, 1.54) is 18.4 Å². The van der Waals surface area contributed by atoms with Gasteiger partial charge in [0.25, 0.3) is 5.56 Å². The monoisotopic (exact) mass is 393 g/mol. The fourth-order valence-electron chi connectivity index (χ4n) is 1.89. The standard InChI is InChI=1S/C16H9BrFNO3S/c17-10-6-9(3-4-11(10)18)7-14-16(21)19-15(23-14)8-12(20)13-2-1-5-22-13/h1-8H,(H,19,21)/b14-7-,15-8-. The van der Waals surface area contributed by atoms with Gasteiger partial charge in [-0.25, -0.2) is 4.39 Å². The van der Waals surface area contributed by atoms with Crippen LogP contribution in [-0.2, 0) is 0 Å². The van der Waals surface area contributed by atoms with Gasteiger partial charge in [-0.05, 0) is 51.8 Å². The van der Waals surface area contributed by atoms with Crippen molar-refractivity contribution in [3.05, 3.63) is 77.8 Å². The summed E-state index contributed by atoms with van der Waals surface area (Å²) in [5.41, 5.74) is 0.364. The van der Waals surface area contributed by atoms with Crippen LogP contribution in [0.1, 0.15) is 16.1 Å². The van der Waals surface area contributed by atoms with E-state index in [0.717, 1.165) is 11.3 Å². The van der Waals surface area contributed by atoms with Crippen LogP contribution in [0.2, 0.25) is 0 Å². The molecule has 0 bridgehead atoms. The molecule has 0 atom stereocenters. The molecule has 0 saturated heterocycles. The lowest BCUT2D eigenvalue weighted by molar-refractivity contribution is 0.103. The van der Waals surface area contributed by atoms with Gasteiger partial charge in [0.2, 0.25) is 5.78 Å². The Hall–Kier alpha value is -2.25. The zero-order valence-electron chi connectivity index (χ0n) is 11.5. The Labute approximate surface area is 141 Å². The van der Waals surface area contributed by atoms with Crippen LogP contribution >= 0.6 is 27.3 Å². The fraction of sp³-hybridized carbons (Fsp3) is 0. The normalized spacial score (nSPS) is 12.8. The second kappa shape index (κ2) is 6.47. The predicted octanol–water partition coefficient (Wildman–Crippen LogP) is 2.42. The molecule has 23 heavy (non-hydrogen) atoms. The van der Waals surface area contributed by atoms with E-state index in [1.54, 1.807) is 30.3 Å². The first-order valence-corrected chi connectivity index (χ1v) is 8.09. The van der Waals surface area contributed by atoms with Gasteiger partial charge in [0.05, 0.1) is 19.9 Å². The van der Waals surface area contributed by atoms with Crippen LogP contribution in [0, 0.1) is 5.82 Å². The molecule has 116 valence electrons. The molecule has 0 aliphatic carbocycles. The van der Waals surface area contributed by atoms with Crippen molar-refractivity contribution in [2.45, 2.75) is 0 Å². The topological polar surface area (TPSA) is 63.1 Å². The van der Waals surface area contributed by atoms with Gasteiger partial charge in [-0.15, -0.1) is 11.3 Å². The number of ketones is 1. The summed E-state index contributed by atoms with van der Waals surface area (Å²) in [6, 6.07) is 7.62. The van der Waals surface area contributed by atoms with Gasteiger partial charge in [-0.2, -0.15) is 0 Å². The highest BCUT2D eigenvalue weighted by molar-refractivity contribution is 9.10. The van der Waals surface area contributed by atoms with Crippen molar-refractivity contribution in [2.24, 2.45) is 0 Å². The third-order valence-electron chi connectivity index (χ3n) is 2.95. The molecule has 3 rings (SSSR count). The number of thiazole rings is 1. The van der Waals surface area contributed by atoms with Crippen molar-refractivity contribution in [3.8, 4) is 0 Å². The van der Waals surface area contributed by atoms with E-state index in [9.17, 15) is 14.0 Å². The van der Waals surface area contributed by atoms with Crippen molar-refractivity contribution < 1.29 is 13.6 Å². The minimum Gasteiger partial charge on any atom is -0.461 e. The van der Waals surface area contributed by atoms with Crippen LogP contribution in [0.3, 0.4) is 0 Å². The van der Waals surface area contributed by atoms with Gasteiger partial charge in [-0.3, -0.25) is 9.59 Å². The highest BCUT2D eigenvalue weighted by Gasteiger charge is 2.05. The number of hydrogen-bond donors (Lipinski definition) is 1. The molecule has 0 aliphatic heterocycles. The lowest BCUT2D eigenvalue weighted by Crippen LogP contribution is -2.20. The molecule has 0 radical (unpaired) electrons. The number of aromatic amines is 1. The van der Waals surface area contributed by atoms with Crippen molar-refractivity contribution >= 4 is 45.2 Å². The number of Topliss-reactive ketones (excluding diaryl/α,β-unsaturated/α-hetero) is 1. The number of furan rings is 1. The zero-order chi connectivity index (χ0) is 16.4. The minimum atomic E-state index is -0.375. The Balaban J connectivity index is 2.01.